The second kappa shape index (κ2) is 6.01. The normalized spacial score (nSPS) is 14.9. The van der Waals surface area contributed by atoms with Crippen molar-refractivity contribution in [2.24, 2.45) is 5.92 Å². The molecule has 2 N–H and O–H groups in total. The van der Waals surface area contributed by atoms with Gasteiger partial charge in [0.15, 0.2) is 0 Å². The van der Waals surface area contributed by atoms with Crippen molar-refractivity contribution in [3.8, 4) is 11.8 Å². The summed E-state index contributed by atoms with van der Waals surface area (Å²) >= 11 is 0. The third kappa shape index (κ3) is 7.83. The molecule has 0 aliphatic carbocycles. The molecule has 2 heteroatoms. The van der Waals surface area contributed by atoms with Crippen LogP contribution in [0.3, 0.4) is 0 Å². The molecule has 0 aromatic carbocycles. The summed E-state index contributed by atoms with van der Waals surface area (Å²) < 4.78 is 0. The summed E-state index contributed by atoms with van der Waals surface area (Å²) in [7, 11) is 0. The van der Waals surface area contributed by atoms with Gasteiger partial charge in [0.1, 0.15) is 0 Å². The first-order chi connectivity index (χ1) is 5.98. The number of hydrogen-bond acceptors (Lipinski definition) is 2. The van der Waals surface area contributed by atoms with E-state index in [0.29, 0.717) is 19.0 Å². The molecular weight excluding hydrogens is 162 g/mol. The third-order valence-electron chi connectivity index (χ3n) is 1.74. The number of hydrogen-bond donors (Lipinski definition) is 2. The molecule has 0 aromatic rings. The van der Waals surface area contributed by atoms with Gasteiger partial charge in [-0.2, -0.15) is 0 Å². The van der Waals surface area contributed by atoms with Crippen LogP contribution in [0, 0.1) is 17.8 Å². The van der Waals surface area contributed by atoms with E-state index in [4.69, 9.17) is 0 Å². The van der Waals surface area contributed by atoms with Crippen molar-refractivity contribution < 1.29 is 5.11 Å². The topological polar surface area (TPSA) is 32.3 Å². The first-order valence-corrected chi connectivity index (χ1v) is 4.80. The smallest absolute Gasteiger partial charge is 0.0746 e. The molecule has 0 saturated carbocycles. The summed E-state index contributed by atoms with van der Waals surface area (Å²) in [5.74, 6) is 6.22. The Hall–Kier alpha value is -0.520. The first kappa shape index (κ1) is 12.5. The lowest BCUT2D eigenvalue weighted by molar-refractivity contribution is 0.0397. The minimum absolute atomic E-state index is 0.522. The van der Waals surface area contributed by atoms with Crippen LogP contribution in [0.25, 0.3) is 0 Å². The van der Waals surface area contributed by atoms with Crippen LogP contribution in [-0.2, 0) is 0 Å². The number of nitrogens with one attached hydrogen (secondary N) is 1. The highest BCUT2D eigenvalue weighted by Crippen LogP contribution is 2.14. The minimum atomic E-state index is -0.608. The van der Waals surface area contributed by atoms with Crippen molar-refractivity contribution in [3.63, 3.8) is 0 Å². The van der Waals surface area contributed by atoms with E-state index in [2.05, 4.69) is 31.0 Å². The van der Waals surface area contributed by atoms with Crippen molar-refractivity contribution >= 4 is 0 Å². The molecule has 0 amide bonds. The van der Waals surface area contributed by atoms with Crippen LogP contribution in [0.15, 0.2) is 0 Å². The van der Waals surface area contributed by atoms with Gasteiger partial charge >= 0.3 is 0 Å². The molecule has 0 rings (SSSR count). The highest BCUT2D eigenvalue weighted by Gasteiger charge is 2.20. The number of aliphatic hydroxyl groups is 1. The fraction of sp³-hybridized carbons (Fsp3) is 0.818. The Morgan fingerprint density at radius 1 is 1.46 bits per heavy atom. The van der Waals surface area contributed by atoms with Crippen molar-refractivity contribution in [1.82, 2.24) is 5.32 Å². The SMILES string of the molecule is CC#CCNCC(C)(O)CC(C)C. The van der Waals surface area contributed by atoms with E-state index < -0.39 is 5.60 Å². The van der Waals surface area contributed by atoms with E-state index in [0.717, 1.165) is 6.42 Å². The molecular formula is C11H21NO. The quantitative estimate of drug-likeness (QED) is 0.499. The highest BCUT2D eigenvalue weighted by molar-refractivity contribution is 4.97. The van der Waals surface area contributed by atoms with Crippen LogP contribution in [0.5, 0.6) is 0 Å². The molecule has 0 aliphatic rings. The van der Waals surface area contributed by atoms with Gasteiger partial charge in [0.05, 0.1) is 12.1 Å². The Morgan fingerprint density at radius 2 is 2.08 bits per heavy atom. The molecule has 76 valence electrons. The Balaban J connectivity index is 3.66. The average Bonchev–Trinajstić information content (AvgIpc) is 1.95. The summed E-state index contributed by atoms with van der Waals surface area (Å²) in [5.41, 5.74) is -0.608. The summed E-state index contributed by atoms with van der Waals surface area (Å²) in [6.07, 6.45) is 0.819. The van der Waals surface area contributed by atoms with E-state index >= 15 is 0 Å². The van der Waals surface area contributed by atoms with Gasteiger partial charge in [0.25, 0.3) is 0 Å². The maximum Gasteiger partial charge on any atom is 0.0746 e. The predicted molar refractivity (Wildman–Crippen MR) is 56.4 cm³/mol. The van der Waals surface area contributed by atoms with Crippen molar-refractivity contribution in [1.29, 1.82) is 0 Å². The van der Waals surface area contributed by atoms with Gasteiger partial charge in [-0.1, -0.05) is 19.8 Å². The Labute approximate surface area is 81.7 Å². The standard InChI is InChI=1S/C11H21NO/c1-5-6-7-12-9-11(4,13)8-10(2)3/h10,12-13H,7-9H2,1-4H3. The van der Waals surface area contributed by atoms with Crippen LogP contribution < -0.4 is 5.32 Å². The Bertz CT molecular complexity index is 186. The van der Waals surface area contributed by atoms with Crippen LogP contribution >= 0.6 is 0 Å². The highest BCUT2D eigenvalue weighted by atomic mass is 16.3. The second-order valence-corrected chi connectivity index (χ2v) is 4.13. The summed E-state index contributed by atoms with van der Waals surface area (Å²) in [6.45, 7) is 9.17. The molecule has 0 saturated heterocycles. The van der Waals surface area contributed by atoms with Gasteiger partial charge < -0.3 is 10.4 Å². The minimum Gasteiger partial charge on any atom is -0.389 e. The lowest BCUT2D eigenvalue weighted by Crippen LogP contribution is -2.39. The molecule has 0 spiro atoms. The van der Waals surface area contributed by atoms with Gasteiger partial charge in [-0.05, 0) is 26.2 Å². The van der Waals surface area contributed by atoms with Crippen LogP contribution in [0.2, 0.25) is 0 Å². The number of rotatable bonds is 5. The summed E-state index contributed by atoms with van der Waals surface area (Å²) in [4.78, 5) is 0. The average molecular weight is 183 g/mol. The zero-order valence-corrected chi connectivity index (χ0v) is 9.15. The van der Waals surface area contributed by atoms with E-state index in [1.54, 1.807) is 0 Å². The van der Waals surface area contributed by atoms with Crippen molar-refractivity contribution in [3.05, 3.63) is 0 Å². The monoisotopic (exact) mass is 183 g/mol. The van der Waals surface area contributed by atoms with Crippen LogP contribution in [-0.4, -0.2) is 23.8 Å². The van der Waals surface area contributed by atoms with E-state index in [1.807, 2.05) is 13.8 Å². The predicted octanol–water partition coefficient (Wildman–Crippen LogP) is 1.40. The molecule has 0 heterocycles. The zero-order chi connectivity index (χ0) is 10.3. The molecule has 0 aliphatic heterocycles. The molecule has 0 bridgehead atoms. The molecule has 0 radical (unpaired) electrons. The fourth-order valence-electron chi connectivity index (χ4n) is 1.43. The second-order valence-electron chi connectivity index (χ2n) is 4.13. The molecule has 1 atom stereocenters. The first-order valence-electron chi connectivity index (χ1n) is 4.80. The fourth-order valence-corrected chi connectivity index (χ4v) is 1.43. The van der Waals surface area contributed by atoms with E-state index in [1.165, 1.54) is 0 Å². The van der Waals surface area contributed by atoms with Gasteiger partial charge in [-0.15, -0.1) is 5.92 Å². The maximum absolute atomic E-state index is 9.87. The van der Waals surface area contributed by atoms with Crippen LogP contribution in [0.1, 0.15) is 34.1 Å². The summed E-state index contributed by atoms with van der Waals surface area (Å²) in [6, 6.07) is 0. The largest absolute Gasteiger partial charge is 0.389 e. The van der Waals surface area contributed by atoms with Gasteiger partial charge in [0, 0.05) is 6.54 Å². The van der Waals surface area contributed by atoms with Gasteiger partial charge in [0.2, 0.25) is 0 Å². The van der Waals surface area contributed by atoms with Crippen LogP contribution in [0.4, 0.5) is 0 Å². The summed E-state index contributed by atoms with van der Waals surface area (Å²) in [5, 5.41) is 13.0. The van der Waals surface area contributed by atoms with E-state index in [9.17, 15) is 5.11 Å². The van der Waals surface area contributed by atoms with Gasteiger partial charge in [-0.3, -0.25) is 0 Å². The van der Waals surface area contributed by atoms with Crippen molar-refractivity contribution in [2.75, 3.05) is 13.1 Å². The van der Waals surface area contributed by atoms with E-state index in [-0.39, 0.29) is 0 Å². The molecule has 0 fully saturated rings. The molecule has 13 heavy (non-hydrogen) atoms. The molecule has 1 unspecified atom stereocenters. The maximum atomic E-state index is 9.87. The molecule has 2 nitrogen and oxygen atoms in total. The van der Waals surface area contributed by atoms with Crippen molar-refractivity contribution in [2.45, 2.75) is 39.7 Å². The lowest BCUT2D eigenvalue weighted by atomic mass is 9.94. The molecule has 0 aromatic heterocycles. The zero-order valence-electron chi connectivity index (χ0n) is 9.15. The Kier molecular flexibility index (Phi) is 5.77. The lowest BCUT2D eigenvalue weighted by Gasteiger charge is -2.25. The van der Waals surface area contributed by atoms with Gasteiger partial charge in [-0.25, -0.2) is 0 Å². The third-order valence-corrected chi connectivity index (χ3v) is 1.74. The Morgan fingerprint density at radius 3 is 2.54 bits per heavy atom.